The van der Waals surface area contributed by atoms with Gasteiger partial charge in [-0.3, -0.25) is 4.79 Å². The Labute approximate surface area is 159 Å². The average molecular weight is 370 g/mol. The first-order valence-electron chi connectivity index (χ1n) is 8.95. The van der Waals surface area contributed by atoms with Gasteiger partial charge in [-0.1, -0.05) is 74.5 Å². The van der Waals surface area contributed by atoms with Crippen LogP contribution in [0.1, 0.15) is 25.0 Å². The largest absolute Gasteiger partial charge is 0.459 e. The molecule has 2 rings (SSSR count). The maximum atomic E-state index is 12.6. The number of hydrogen-bond acceptors (Lipinski definition) is 5. The summed E-state index contributed by atoms with van der Waals surface area (Å²) in [5.74, 6) is -1.12. The van der Waals surface area contributed by atoms with Crippen molar-refractivity contribution in [2.45, 2.75) is 39.0 Å². The van der Waals surface area contributed by atoms with E-state index in [9.17, 15) is 14.8 Å². The first-order chi connectivity index (χ1) is 13.0. The van der Waals surface area contributed by atoms with Crippen molar-refractivity contribution in [2.75, 3.05) is 0 Å². The quantitative estimate of drug-likeness (QED) is 0.466. The number of ether oxygens (including phenoxy) is 1. The molecule has 0 fully saturated rings. The highest BCUT2D eigenvalue weighted by Crippen LogP contribution is 2.09. The van der Waals surface area contributed by atoms with Crippen LogP contribution in [0.25, 0.3) is 0 Å². The predicted molar refractivity (Wildman–Crippen MR) is 102 cm³/mol. The minimum absolute atomic E-state index is 0.132. The number of carbonyl (C=O) groups excluding carboxylic acids is 2. The fourth-order valence-electron chi connectivity index (χ4n) is 2.64. The number of hydroxylamine groups is 1. The molecule has 0 unspecified atom stereocenters. The molecule has 0 aromatic heterocycles. The van der Waals surface area contributed by atoms with Crippen molar-refractivity contribution >= 4 is 11.9 Å². The summed E-state index contributed by atoms with van der Waals surface area (Å²) < 4.78 is 5.40. The molecule has 2 atom stereocenters. The van der Waals surface area contributed by atoms with Gasteiger partial charge >= 0.3 is 5.97 Å². The normalized spacial score (nSPS) is 13.0. The Hall–Kier alpha value is -2.70. The molecule has 6 heteroatoms. The Morgan fingerprint density at radius 1 is 0.963 bits per heavy atom. The third-order valence-corrected chi connectivity index (χ3v) is 4.20. The van der Waals surface area contributed by atoms with Gasteiger partial charge in [0.15, 0.2) is 0 Å². The molecule has 6 nitrogen and oxygen atoms in total. The Morgan fingerprint density at radius 3 is 2.04 bits per heavy atom. The molecule has 0 aliphatic carbocycles. The summed E-state index contributed by atoms with van der Waals surface area (Å²) in [5, 5.41) is 11.9. The number of amides is 1. The van der Waals surface area contributed by atoms with Crippen LogP contribution >= 0.6 is 0 Å². The van der Waals surface area contributed by atoms with Crippen LogP contribution in [0, 0.1) is 5.92 Å². The minimum atomic E-state index is -0.849. The van der Waals surface area contributed by atoms with E-state index in [1.807, 2.05) is 66.1 Å². The molecular formula is C21H26N2O4. The van der Waals surface area contributed by atoms with Crippen molar-refractivity contribution in [1.29, 1.82) is 0 Å². The lowest BCUT2D eigenvalue weighted by Gasteiger charge is -2.23. The summed E-state index contributed by atoms with van der Waals surface area (Å²) in [4.78, 5) is 25.1. The molecule has 2 aromatic carbocycles. The summed E-state index contributed by atoms with van der Waals surface area (Å²) in [6, 6.07) is 17.1. The second kappa shape index (κ2) is 10.4. The minimum Gasteiger partial charge on any atom is -0.459 e. The molecule has 0 aliphatic heterocycles. The van der Waals surface area contributed by atoms with Gasteiger partial charge in [0.25, 0.3) is 0 Å². The van der Waals surface area contributed by atoms with E-state index in [0.29, 0.717) is 6.42 Å². The number of carbonyl (C=O) groups is 2. The van der Waals surface area contributed by atoms with Crippen molar-refractivity contribution in [2.24, 2.45) is 5.92 Å². The van der Waals surface area contributed by atoms with Crippen LogP contribution in [-0.4, -0.2) is 29.2 Å². The predicted octanol–water partition coefficient (Wildman–Crippen LogP) is 2.46. The van der Waals surface area contributed by atoms with Gasteiger partial charge in [-0.25, -0.2) is 4.79 Å². The fraction of sp³-hybridized carbons (Fsp3) is 0.333. The fourth-order valence-corrected chi connectivity index (χ4v) is 2.64. The Balaban J connectivity index is 2.08. The summed E-state index contributed by atoms with van der Waals surface area (Å²) in [6.45, 7) is 3.73. The molecule has 0 radical (unpaired) electrons. The van der Waals surface area contributed by atoms with Gasteiger partial charge in [0.2, 0.25) is 5.91 Å². The van der Waals surface area contributed by atoms with E-state index in [4.69, 9.17) is 4.74 Å². The van der Waals surface area contributed by atoms with Gasteiger partial charge < -0.3 is 15.3 Å². The Kier molecular flexibility index (Phi) is 7.98. The molecule has 0 heterocycles. The van der Waals surface area contributed by atoms with Gasteiger partial charge in [0, 0.05) is 6.42 Å². The van der Waals surface area contributed by atoms with Crippen molar-refractivity contribution in [3.05, 3.63) is 71.8 Å². The summed E-state index contributed by atoms with van der Waals surface area (Å²) in [5.41, 5.74) is 3.77. The third-order valence-electron chi connectivity index (χ3n) is 4.20. The van der Waals surface area contributed by atoms with Gasteiger partial charge in [0.05, 0.1) is 0 Å². The van der Waals surface area contributed by atoms with E-state index in [-0.39, 0.29) is 12.5 Å². The molecule has 27 heavy (non-hydrogen) atoms. The molecule has 0 aliphatic rings. The van der Waals surface area contributed by atoms with Crippen molar-refractivity contribution in [3.63, 3.8) is 0 Å². The standard InChI is InChI=1S/C21H26N2O4/c1-15(2)19(23-26)20(24)22-18(13-16-9-5-3-6-10-16)21(25)27-14-17-11-7-4-8-12-17/h3-12,15,18-19,23,26H,13-14H2,1-2H3,(H,22,24)/t18-,19-/m0/s1. The highest BCUT2D eigenvalue weighted by atomic mass is 16.5. The second-order valence-electron chi connectivity index (χ2n) is 6.69. The Bertz CT molecular complexity index is 719. The lowest BCUT2D eigenvalue weighted by molar-refractivity contribution is -0.149. The highest BCUT2D eigenvalue weighted by molar-refractivity contribution is 5.87. The maximum absolute atomic E-state index is 12.6. The second-order valence-corrected chi connectivity index (χ2v) is 6.69. The monoisotopic (exact) mass is 370 g/mol. The van der Waals surface area contributed by atoms with Gasteiger partial charge in [-0.05, 0) is 17.0 Å². The van der Waals surface area contributed by atoms with Gasteiger partial charge in [-0.2, -0.15) is 5.48 Å². The Morgan fingerprint density at radius 2 is 1.52 bits per heavy atom. The van der Waals surface area contributed by atoms with E-state index in [1.54, 1.807) is 13.8 Å². The molecular weight excluding hydrogens is 344 g/mol. The lowest BCUT2D eigenvalue weighted by atomic mass is 10.0. The van der Waals surface area contributed by atoms with Crippen LogP contribution in [0.3, 0.4) is 0 Å². The number of nitrogens with one attached hydrogen (secondary N) is 2. The van der Waals surface area contributed by atoms with Crippen LogP contribution in [0.5, 0.6) is 0 Å². The third kappa shape index (κ3) is 6.51. The smallest absolute Gasteiger partial charge is 0.329 e. The van der Waals surface area contributed by atoms with Gasteiger partial charge in [-0.15, -0.1) is 0 Å². The zero-order chi connectivity index (χ0) is 19.6. The number of hydrogen-bond donors (Lipinski definition) is 3. The molecule has 144 valence electrons. The number of rotatable bonds is 9. The molecule has 0 saturated carbocycles. The lowest BCUT2D eigenvalue weighted by Crippen LogP contribution is -2.52. The van der Waals surface area contributed by atoms with Crippen molar-refractivity contribution < 1.29 is 19.5 Å². The average Bonchev–Trinajstić information content (AvgIpc) is 2.67. The zero-order valence-corrected chi connectivity index (χ0v) is 15.6. The topological polar surface area (TPSA) is 87.7 Å². The first-order valence-corrected chi connectivity index (χ1v) is 8.95. The summed E-state index contributed by atoms with van der Waals surface area (Å²) in [7, 11) is 0. The van der Waals surface area contributed by atoms with Gasteiger partial charge in [0.1, 0.15) is 18.7 Å². The molecule has 3 N–H and O–H groups in total. The van der Waals surface area contributed by atoms with Crippen molar-refractivity contribution in [3.8, 4) is 0 Å². The SMILES string of the molecule is CC(C)[C@H](NO)C(=O)N[C@@H](Cc1ccccc1)C(=O)OCc1ccccc1. The summed E-state index contributed by atoms with van der Waals surface area (Å²) in [6.07, 6.45) is 0.302. The zero-order valence-electron chi connectivity index (χ0n) is 15.6. The van der Waals surface area contributed by atoms with Crippen LogP contribution in [0.4, 0.5) is 0 Å². The van der Waals surface area contributed by atoms with Crippen LogP contribution in [0.2, 0.25) is 0 Å². The van der Waals surface area contributed by atoms with Crippen LogP contribution in [0.15, 0.2) is 60.7 Å². The van der Waals surface area contributed by atoms with E-state index in [0.717, 1.165) is 11.1 Å². The van der Waals surface area contributed by atoms with E-state index in [1.165, 1.54) is 0 Å². The molecule has 2 aromatic rings. The van der Waals surface area contributed by atoms with E-state index >= 15 is 0 Å². The highest BCUT2D eigenvalue weighted by Gasteiger charge is 2.28. The van der Waals surface area contributed by atoms with E-state index in [2.05, 4.69) is 5.32 Å². The number of esters is 1. The molecule has 1 amide bonds. The molecule has 0 spiro atoms. The number of benzene rings is 2. The van der Waals surface area contributed by atoms with E-state index < -0.39 is 24.0 Å². The van der Waals surface area contributed by atoms with Crippen LogP contribution in [-0.2, 0) is 27.4 Å². The first kappa shape index (κ1) is 20.6. The maximum Gasteiger partial charge on any atom is 0.329 e. The molecule has 0 saturated heterocycles. The molecule has 0 bridgehead atoms. The van der Waals surface area contributed by atoms with Crippen LogP contribution < -0.4 is 10.8 Å². The van der Waals surface area contributed by atoms with Crippen molar-refractivity contribution in [1.82, 2.24) is 10.8 Å². The summed E-state index contributed by atoms with van der Waals surface area (Å²) >= 11 is 0.